The van der Waals surface area contributed by atoms with Crippen molar-refractivity contribution >= 4 is 40.3 Å². The normalized spacial score (nSPS) is 10.6. The number of non-ortho nitro benzene ring substituents is 1. The molecule has 0 spiro atoms. The van der Waals surface area contributed by atoms with Crippen molar-refractivity contribution in [3.05, 3.63) is 69.4 Å². The van der Waals surface area contributed by atoms with Gasteiger partial charge in [0, 0.05) is 29.7 Å². The topological polar surface area (TPSA) is 134 Å². The number of nitrogens with one attached hydrogen (secondary N) is 2. The molecule has 0 aliphatic heterocycles. The molecule has 0 radical (unpaired) electrons. The van der Waals surface area contributed by atoms with Crippen LogP contribution in [0.2, 0.25) is 5.02 Å². The first kappa shape index (κ1) is 17.8. The number of carbonyl (C=O) groups excluding carboxylic acids is 1. The van der Waals surface area contributed by atoms with E-state index in [4.69, 9.17) is 22.6 Å². The van der Waals surface area contributed by atoms with Crippen LogP contribution >= 0.6 is 11.6 Å². The van der Waals surface area contributed by atoms with Gasteiger partial charge in [0.2, 0.25) is 0 Å². The van der Waals surface area contributed by atoms with Gasteiger partial charge in [0.05, 0.1) is 15.6 Å². The van der Waals surface area contributed by atoms with E-state index >= 15 is 0 Å². The van der Waals surface area contributed by atoms with Gasteiger partial charge in [0.1, 0.15) is 11.6 Å². The Labute approximate surface area is 147 Å². The highest BCUT2D eigenvalue weighted by Gasteiger charge is 2.11. The van der Waals surface area contributed by atoms with Crippen LogP contribution < -0.4 is 16.4 Å². The Hall–Kier alpha value is -3.57. The quantitative estimate of drug-likeness (QED) is 0.247. The molecule has 0 heterocycles. The molecule has 4 N–H and O–H groups in total. The number of amides is 1. The molecule has 2 aromatic carbocycles. The van der Waals surface area contributed by atoms with Crippen molar-refractivity contribution in [2.45, 2.75) is 0 Å². The molecule has 0 atom stereocenters. The van der Waals surface area contributed by atoms with Gasteiger partial charge in [0.25, 0.3) is 11.6 Å². The minimum absolute atomic E-state index is 0.103. The van der Waals surface area contributed by atoms with Crippen molar-refractivity contribution in [3.8, 4) is 6.07 Å². The third kappa shape index (κ3) is 4.70. The van der Waals surface area contributed by atoms with Crippen molar-refractivity contribution in [3.63, 3.8) is 0 Å². The van der Waals surface area contributed by atoms with Crippen LogP contribution in [-0.4, -0.2) is 10.8 Å². The van der Waals surface area contributed by atoms with E-state index in [2.05, 4.69) is 10.6 Å². The van der Waals surface area contributed by atoms with Crippen molar-refractivity contribution in [1.29, 1.82) is 5.26 Å². The molecule has 0 unspecified atom stereocenters. The summed E-state index contributed by atoms with van der Waals surface area (Å²) in [5, 5.41) is 25.3. The van der Waals surface area contributed by atoms with Gasteiger partial charge in [-0.2, -0.15) is 5.26 Å². The second-order valence-corrected chi connectivity index (χ2v) is 5.22. The molecule has 0 bridgehead atoms. The summed E-state index contributed by atoms with van der Waals surface area (Å²) in [6.45, 7) is 0. The second kappa shape index (κ2) is 7.81. The largest absolute Gasteiger partial charge is 0.399 e. The Bertz CT molecular complexity index is 888. The number of nitrogens with two attached hydrogens (primary N) is 1. The lowest BCUT2D eigenvalue weighted by Gasteiger charge is -2.07. The monoisotopic (exact) mass is 357 g/mol. The highest BCUT2D eigenvalue weighted by atomic mass is 35.5. The first-order chi connectivity index (χ1) is 11.9. The maximum absolute atomic E-state index is 12.1. The lowest BCUT2D eigenvalue weighted by molar-refractivity contribution is -0.384. The smallest absolute Gasteiger partial charge is 0.269 e. The zero-order valence-electron chi connectivity index (χ0n) is 12.7. The molecule has 0 aliphatic rings. The fourth-order valence-corrected chi connectivity index (χ4v) is 2.06. The fraction of sp³-hybridized carbons (Fsp3) is 0. The van der Waals surface area contributed by atoms with Gasteiger partial charge in [-0.05, 0) is 30.3 Å². The van der Waals surface area contributed by atoms with Gasteiger partial charge in [-0.1, -0.05) is 11.6 Å². The van der Waals surface area contributed by atoms with Gasteiger partial charge in [-0.15, -0.1) is 0 Å². The van der Waals surface area contributed by atoms with Crippen LogP contribution in [0, 0.1) is 21.4 Å². The molecule has 2 rings (SSSR count). The standard InChI is InChI=1S/C16H12ClN5O3/c17-14-7-11(19)1-6-15(14)20-9-10(8-18)16(23)21-12-2-4-13(5-3-12)22(24)25/h1-7,9,20H,19H2,(H,21,23)/b10-9-. The lowest BCUT2D eigenvalue weighted by Crippen LogP contribution is -2.14. The molecule has 0 saturated heterocycles. The van der Waals surface area contributed by atoms with Crippen LogP contribution in [0.4, 0.5) is 22.7 Å². The van der Waals surface area contributed by atoms with Crippen LogP contribution in [0.3, 0.4) is 0 Å². The predicted octanol–water partition coefficient (Wildman–Crippen LogP) is 3.29. The molecule has 126 valence electrons. The average molecular weight is 358 g/mol. The molecule has 2 aromatic rings. The predicted molar refractivity (Wildman–Crippen MR) is 94.9 cm³/mol. The fourth-order valence-electron chi connectivity index (χ4n) is 1.81. The van der Waals surface area contributed by atoms with Crippen molar-refractivity contribution in [1.82, 2.24) is 0 Å². The minimum Gasteiger partial charge on any atom is -0.399 e. The summed E-state index contributed by atoms with van der Waals surface area (Å²) in [7, 11) is 0. The van der Waals surface area contributed by atoms with Gasteiger partial charge in [-0.25, -0.2) is 0 Å². The Morgan fingerprint density at radius 1 is 1.28 bits per heavy atom. The Balaban J connectivity index is 2.09. The molecule has 9 heteroatoms. The van der Waals surface area contributed by atoms with E-state index < -0.39 is 10.8 Å². The van der Waals surface area contributed by atoms with E-state index in [0.29, 0.717) is 22.1 Å². The summed E-state index contributed by atoms with van der Waals surface area (Å²) >= 11 is 6.00. The van der Waals surface area contributed by atoms with Crippen molar-refractivity contribution < 1.29 is 9.72 Å². The summed E-state index contributed by atoms with van der Waals surface area (Å²) in [6.07, 6.45) is 1.21. The summed E-state index contributed by atoms with van der Waals surface area (Å²) in [4.78, 5) is 22.1. The highest BCUT2D eigenvalue weighted by molar-refractivity contribution is 6.33. The number of nitriles is 1. The molecule has 8 nitrogen and oxygen atoms in total. The van der Waals surface area contributed by atoms with Crippen LogP contribution in [0.5, 0.6) is 0 Å². The Morgan fingerprint density at radius 3 is 2.52 bits per heavy atom. The Kier molecular flexibility index (Phi) is 5.55. The zero-order chi connectivity index (χ0) is 18.4. The molecule has 1 amide bonds. The van der Waals surface area contributed by atoms with Crippen LogP contribution in [-0.2, 0) is 4.79 Å². The number of anilines is 3. The molecule has 0 aliphatic carbocycles. The van der Waals surface area contributed by atoms with E-state index in [0.717, 1.165) is 0 Å². The van der Waals surface area contributed by atoms with Gasteiger partial charge in [-0.3, -0.25) is 14.9 Å². The number of nitrogens with zero attached hydrogens (tertiary/aromatic N) is 2. The maximum Gasteiger partial charge on any atom is 0.269 e. The third-order valence-corrected chi connectivity index (χ3v) is 3.38. The van der Waals surface area contributed by atoms with E-state index in [-0.39, 0.29) is 11.3 Å². The summed E-state index contributed by atoms with van der Waals surface area (Å²) in [5.41, 5.74) is 6.56. The summed E-state index contributed by atoms with van der Waals surface area (Å²) < 4.78 is 0. The first-order valence-corrected chi connectivity index (χ1v) is 7.26. The Morgan fingerprint density at radius 2 is 1.96 bits per heavy atom. The van der Waals surface area contributed by atoms with E-state index in [9.17, 15) is 14.9 Å². The van der Waals surface area contributed by atoms with Gasteiger partial charge in [0.15, 0.2) is 0 Å². The number of nitrogen functional groups attached to an aromatic ring is 1. The summed E-state index contributed by atoms with van der Waals surface area (Å²) in [6, 6.07) is 11.8. The SMILES string of the molecule is N#C/C(=C/Nc1ccc(N)cc1Cl)C(=O)Nc1ccc([N+](=O)[O-])cc1. The third-order valence-electron chi connectivity index (χ3n) is 3.07. The van der Waals surface area contributed by atoms with E-state index in [1.54, 1.807) is 18.2 Å². The maximum atomic E-state index is 12.1. The van der Waals surface area contributed by atoms with Gasteiger partial charge >= 0.3 is 0 Å². The minimum atomic E-state index is -0.671. The van der Waals surface area contributed by atoms with Gasteiger partial charge < -0.3 is 16.4 Å². The van der Waals surface area contributed by atoms with Crippen LogP contribution in [0.15, 0.2) is 54.2 Å². The molecule has 0 fully saturated rings. The van der Waals surface area contributed by atoms with Crippen molar-refractivity contribution in [2.24, 2.45) is 0 Å². The number of benzene rings is 2. The number of hydrogen-bond donors (Lipinski definition) is 3. The number of nitro groups is 1. The van der Waals surface area contributed by atoms with Crippen molar-refractivity contribution in [2.75, 3.05) is 16.4 Å². The zero-order valence-corrected chi connectivity index (χ0v) is 13.4. The number of rotatable bonds is 5. The van der Waals surface area contributed by atoms with E-state index in [1.165, 1.54) is 36.5 Å². The average Bonchev–Trinajstić information content (AvgIpc) is 2.57. The van der Waals surface area contributed by atoms with E-state index in [1.807, 2.05) is 0 Å². The van der Waals surface area contributed by atoms with Crippen LogP contribution in [0.25, 0.3) is 0 Å². The second-order valence-electron chi connectivity index (χ2n) is 4.81. The molecule has 25 heavy (non-hydrogen) atoms. The number of halogens is 1. The number of carbonyl (C=O) groups is 1. The highest BCUT2D eigenvalue weighted by Crippen LogP contribution is 2.24. The van der Waals surface area contributed by atoms with Crippen LogP contribution in [0.1, 0.15) is 0 Å². The summed E-state index contributed by atoms with van der Waals surface area (Å²) in [5.74, 6) is -0.671. The molecular weight excluding hydrogens is 346 g/mol. The molecule has 0 saturated carbocycles. The number of nitro benzene ring substituents is 1. The lowest BCUT2D eigenvalue weighted by atomic mass is 10.2. The number of hydrogen-bond acceptors (Lipinski definition) is 6. The molecular formula is C16H12ClN5O3. The molecule has 0 aromatic heterocycles. The first-order valence-electron chi connectivity index (χ1n) is 6.88.